The van der Waals surface area contributed by atoms with Gasteiger partial charge in [-0.05, 0) is 24.8 Å². The lowest BCUT2D eigenvalue weighted by molar-refractivity contribution is -0.144. The van der Waals surface area contributed by atoms with Gasteiger partial charge in [-0.3, -0.25) is 19.3 Å². The van der Waals surface area contributed by atoms with Gasteiger partial charge in [-0.15, -0.1) is 11.3 Å². The number of ketones is 1. The Kier molecular flexibility index (Phi) is 7.39. The van der Waals surface area contributed by atoms with E-state index in [4.69, 9.17) is 4.74 Å². The second kappa shape index (κ2) is 9.54. The Labute approximate surface area is 146 Å². The van der Waals surface area contributed by atoms with Crippen molar-refractivity contribution in [1.29, 1.82) is 0 Å². The number of Topliss-reactive ketones (excluding diaryl/α,β-unsaturated/α-hetero) is 1. The van der Waals surface area contributed by atoms with Gasteiger partial charge in [-0.1, -0.05) is 6.07 Å². The summed E-state index contributed by atoms with van der Waals surface area (Å²) < 4.78 is 4.96. The molecule has 1 amide bonds. The maximum Gasteiger partial charge on any atom is 0.320 e. The number of hydrogen-bond donors (Lipinski definition) is 0. The molecule has 7 heteroatoms. The van der Waals surface area contributed by atoms with Crippen molar-refractivity contribution in [3.63, 3.8) is 0 Å². The summed E-state index contributed by atoms with van der Waals surface area (Å²) >= 11 is 1.41. The third kappa shape index (κ3) is 5.72. The first kappa shape index (κ1) is 18.6. The zero-order chi connectivity index (χ0) is 17.4. The van der Waals surface area contributed by atoms with Gasteiger partial charge in [-0.2, -0.15) is 0 Å². The maximum absolute atomic E-state index is 12.3. The SMILES string of the molecule is CCOC(=O)CN1CCCN(C(=O)CCC(=O)c2cccs2)CC1. The lowest BCUT2D eigenvalue weighted by Crippen LogP contribution is -2.37. The van der Waals surface area contributed by atoms with Gasteiger partial charge < -0.3 is 9.64 Å². The predicted octanol–water partition coefficient (Wildman–Crippen LogP) is 1.81. The van der Waals surface area contributed by atoms with E-state index in [-0.39, 0.29) is 37.0 Å². The Hall–Kier alpha value is -1.73. The molecule has 0 aliphatic carbocycles. The van der Waals surface area contributed by atoms with Gasteiger partial charge in [0.25, 0.3) is 0 Å². The predicted molar refractivity (Wildman–Crippen MR) is 92.2 cm³/mol. The van der Waals surface area contributed by atoms with Crippen LogP contribution < -0.4 is 0 Å². The molecule has 24 heavy (non-hydrogen) atoms. The summed E-state index contributed by atoms with van der Waals surface area (Å²) in [5.41, 5.74) is 0. The Morgan fingerprint density at radius 1 is 1.17 bits per heavy atom. The van der Waals surface area contributed by atoms with Gasteiger partial charge in [0.15, 0.2) is 5.78 Å². The van der Waals surface area contributed by atoms with Gasteiger partial charge in [-0.25, -0.2) is 0 Å². The molecule has 0 saturated carbocycles. The Morgan fingerprint density at radius 3 is 2.71 bits per heavy atom. The topological polar surface area (TPSA) is 66.9 Å². The van der Waals surface area contributed by atoms with E-state index in [1.165, 1.54) is 11.3 Å². The first-order valence-corrected chi connectivity index (χ1v) is 9.20. The molecule has 1 aliphatic rings. The summed E-state index contributed by atoms with van der Waals surface area (Å²) in [6.07, 6.45) is 1.32. The number of hydrogen-bond acceptors (Lipinski definition) is 6. The summed E-state index contributed by atoms with van der Waals surface area (Å²) in [6, 6.07) is 3.63. The first-order chi connectivity index (χ1) is 11.6. The van der Waals surface area contributed by atoms with Crippen LogP contribution in [0.3, 0.4) is 0 Å². The molecule has 132 valence electrons. The normalized spacial score (nSPS) is 15.8. The van der Waals surface area contributed by atoms with Crippen LogP contribution in [0.2, 0.25) is 0 Å². The molecular weight excluding hydrogens is 328 g/mol. The summed E-state index contributed by atoms with van der Waals surface area (Å²) in [5, 5.41) is 1.86. The summed E-state index contributed by atoms with van der Waals surface area (Å²) in [4.78, 5) is 40.4. The number of rotatable bonds is 7. The number of thiophene rings is 1. The minimum Gasteiger partial charge on any atom is -0.465 e. The van der Waals surface area contributed by atoms with Crippen molar-refractivity contribution >= 4 is 29.0 Å². The molecule has 0 spiro atoms. The molecule has 0 aromatic carbocycles. The van der Waals surface area contributed by atoms with Crippen molar-refractivity contribution in [2.45, 2.75) is 26.2 Å². The van der Waals surface area contributed by atoms with E-state index in [0.29, 0.717) is 31.1 Å². The van der Waals surface area contributed by atoms with Gasteiger partial charge in [0.2, 0.25) is 5.91 Å². The van der Waals surface area contributed by atoms with Crippen LogP contribution in [0.5, 0.6) is 0 Å². The number of carbonyl (C=O) groups is 3. The molecule has 1 aromatic rings. The number of carbonyl (C=O) groups excluding carboxylic acids is 3. The van der Waals surface area contributed by atoms with E-state index in [9.17, 15) is 14.4 Å². The zero-order valence-electron chi connectivity index (χ0n) is 14.0. The number of nitrogens with zero attached hydrogens (tertiary/aromatic N) is 2. The molecule has 0 unspecified atom stereocenters. The Bertz CT molecular complexity index is 559. The van der Waals surface area contributed by atoms with Gasteiger partial charge in [0.1, 0.15) is 0 Å². The molecule has 0 atom stereocenters. The molecule has 1 fully saturated rings. The molecule has 0 radical (unpaired) electrons. The maximum atomic E-state index is 12.3. The highest BCUT2D eigenvalue weighted by Gasteiger charge is 2.21. The van der Waals surface area contributed by atoms with Crippen LogP contribution in [0, 0.1) is 0 Å². The number of ether oxygens (including phenoxy) is 1. The van der Waals surface area contributed by atoms with Crippen LogP contribution >= 0.6 is 11.3 Å². The molecule has 0 bridgehead atoms. The molecule has 1 aromatic heterocycles. The van der Waals surface area contributed by atoms with Gasteiger partial charge in [0, 0.05) is 39.0 Å². The van der Waals surface area contributed by atoms with E-state index in [0.717, 1.165) is 13.0 Å². The molecule has 2 heterocycles. The van der Waals surface area contributed by atoms with Crippen LogP contribution in [0.15, 0.2) is 17.5 Å². The fourth-order valence-electron chi connectivity index (χ4n) is 2.71. The molecule has 1 saturated heterocycles. The monoisotopic (exact) mass is 352 g/mol. The lowest BCUT2D eigenvalue weighted by atomic mass is 10.2. The summed E-state index contributed by atoms with van der Waals surface area (Å²) in [6.45, 7) is 5.14. The third-order valence-corrected chi connectivity index (χ3v) is 4.87. The Morgan fingerprint density at radius 2 is 2.00 bits per heavy atom. The lowest BCUT2D eigenvalue weighted by Gasteiger charge is -2.21. The van der Waals surface area contributed by atoms with E-state index < -0.39 is 0 Å². The van der Waals surface area contributed by atoms with E-state index in [1.54, 1.807) is 17.9 Å². The van der Waals surface area contributed by atoms with Crippen LogP contribution in [0.4, 0.5) is 0 Å². The Balaban J connectivity index is 1.75. The molecule has 0 N–H and O–H groups in total. The average Bonchev–Trinajstić information content (AvgIpc) is 3.00. The molecular formula is C17H24N2O4S. The quantitative estimate of drug-likeness (QED) is 0.553. The molecule has 6 nitrogen and oxygen atoms in total. The number of esters is 1. The van der Waals surface area contributed by atoms with Crippen molar-refractivity contribution in [2.75, 3.05) is 39.3 Å². The van der Waals surface area contributed by atoms with E-state index >= 15 is 0 Å². The first-order valence-electron chi connectivity index (χ1n) is 8.32. The fraction of sp³-hybridized carbons (Fsp3) is 0.588. The molecule has 2 rings (SSSR count). The minimum atomic E-state index is -0.223. The highest BCUT2D eigenvalue weighted by molar-refractivity contribution is 7.12. The van der Waals surface area contributed by atoms with E-state index in [1.807, 2.05) is 16.3 Å². The molecule has 1 aliphatic heterocycles. The zero-order valence-corrected chi connectivity index (χ0v) is 14.8. The van der Waals surface area contributed by atoms with Gasteiger partial charge in [0.05, 0.1) is 18.0 Å². The number of amides is 1. The van der Waals surface area contributed by atoms with Crippen LogP contribution in [0.1, 0.15) is 35.9 Å². The standard InChI is InChI=1S/C17H24N2O4S/c1-2-23-17(22)13-18-8-4-9-19(11-10-18)16(21)7-6-14(20)15-5-3-12-24-15/h3,5,12H,2,4,6-11,13H2,1H3. The van der Waals surface area contributed by atoms with Crippen molar-refractivity contribution in [2.24, 2.45) is 0 Å². The fourth-order valence-corrected chi connectivity index (χ4v) is 3.40. The van der Waals surface area contributed by atoms with Crippen molar-refractivity contribution in [3.8, 4) is 0 Å². The smallest absolute Gasteiger partial charge is 0.320 e. The average molecular weight is 352 g/mol. The van der Waals surface area contributed by atoms with Crippen LogP contribution in [-0.4, -0.2) is 66.8 Å². The third-order valence-electron chi connectivity index (χ3n) is 3.96. The van der Waals surface area contributed by atoms with Crippen molar-refractivity contribution < 1.29 is 19.1 Å². The van der Waals surface area contributed by atoms with Crippen molar-refractivity contribution in [1.82, 2.24) is 9.80 Å². The van der Waals surface area contributed by atoms with Crippen LogP contribution in [0.25, 0.3) is 0 Å². The second-order valence-electron chi connectivity index (χ2n) is 5.72. The van der Waals surface area contributed by atoms with Crippen molar-refractivity contribution in [3.05, 3.63) is 22.4 Å². The van der Waals surface area contributed by atoms with Crippen LogP contribution in [-0.2, 0) is 14.3 Å². The van der Waals surface area contributed by atoms with Gasteiger partial charge >= 0.3 is 5.97 Å². The highest BCUT2D eigenvalue weighted by Crippen LogP contribution is 2.13. The minimum absolute atomic E-state index is 0.0119. The summed E-state index contributed by atoms with van der Waals surface area (Å²) in [7, 11) is 0. The second-order valence-corrected chi connectivity index (χ2v) is 6.66. The largest absolute Gasteiger partial charge is 0.465 e. The summed E-state index contributed by atoms with van der Waals surface area (Å²) in [5.74, 6) is -0.186. The highest BCUT2D eigenvalue weighted by atomic mass is 32.1. The van der Waals surface area contributed by atoms with E-state index in [2.05, 4.69) is 0 Å².